The van der Waals surface area contributed by atoms with Crippen LogP contribution in [-0.2, 0) is 0 Å². The zero-order valence-corrected chi connectivity index (χ0v) is 14.1. The third kappa shape index (κ3) is 2.66. The van der Waals surface area contributed by atoms with E-state index in [9.17, 15) is 0 Å². The maximum Gasteiger partial charge on any atom is 0.190 e. The standard InChI is InChI=1S/C15H12ClN7S/c1-23(15-17-5-6-24-15)14-11-12(18-8-19-13(11)21-22-14)20-10-4-2-3-9(16)7-10/h2-8H,1H3,(H2,18,19,20,21,22). The number of thiazole rings is 1. The van der Waals surface area contributed by atoms with Crippen molar-refractivity contribution in [3.05, 3.63) is 47.2 Å². The number of aromatic nitrogens is 5. The fraction of sp³-hybridized carbons (Fsp3) is 0.0667. The van der Waals surface area contributed by atoms with E-state index in [2.05, 4.69) is 30.5 Å². The molecule has 4 rings (SSSR count). The highest BCUT2D eigenvalue weighted by Gasteiger charge is 2.18. The third-order valence-corrected chi connectivity index (χ3v) is 4.53. The largest absolute Gasteiger partial charge is 0.339 e. The second-order valence-electron chi connectivity index (χ2n) is 5.00. The van der Waals surface area contributed by atoms with E-state index in [1.807, 2.05) is 41.6 Å². The maximum absolute atomic E-state index is 6.05. The molecule has 1 aromatic carbocycles. The van der Waals surface area contributed by atoms with E-state index < -0.39 is 0 Å². The molecule has 3 aromatic heterocycles. The number of fused-ring (bicyclic) bond motifs is 1. The van der Waals surface area contributed by atoms with Crippen molar-refractivity contribution in [1.29, 1.82) is 0 Å². The molecule has 0 radical (unpaired) electrons. The lowest BCUT2D eigenvalue weighted by Crippen LogP contribution is -2.10. The molecule has 4 aromatic rings. The van der Waals surface area contributed by atoms with Gasteiger partial charge in [0.1, 0.15) is 17.5 Å². The lowest BCUT2D eigenvalue weighted by molar-refractivity contribution is 1.04. The molecule has 0 bridgehead atoms. The van der Waals surface area contributed by atoms with E-state index in [4.69, 9.17) is 11.6 Å². The molecule has 0 fully saturated rings. The van der Waals surface area contributed by atoms with Crippen LogP contribution >= 0.6 is 22.9 Å². The average molecular weight is 358 g/mol. The van der Waals surface area contributed by atoms with E-state index >= 15 is 0 Å². The van der Waals surface area contributed by atoms with Gasteiger partial charge in [0.05, 0.1) is 0 Å². The first-order chi connectivity index (χ1) is 11.7. The predicted octanol–water partition coefficient (Wildman–Crippen LogP) is 3.97. The molecular formula is C15H12ClN7S. The number of nitrogens with zero attached hydrogens (tertiary/aromatic N) is 5. The number of H-pyrrole nitrogens is 1. The zero-order valence-electron chi connectivity index (χ0n) is 12.6. The van der Waals surface area contributed by atoms with Crippen LogP contribution in [0.25, 0.3) is 11.0 Å². The fourth-order valence-electron chi connectivity index (χ4n) is 2.36. The van der Waals surface area contributed by atoms with Gasteiger partial charge in [0.2, 0.25) is 0 Å². The Morgan fingerprint density at radius 1 is 1.25 bits per heavy atom. The number of anilines is 4. The van der Waals surface area contributed by atoms with Gasteiger partial charge in [-0.1, -0.05) is 17.7 Å². The molecule has 0 unspecified atom stereocenters. The van der Waals surface area contributed by atoms with Gasteiger partial charge in [0.15, 0.2) is 16.6 Å². The number of benzene rings is 1. The Hall–Kier alpha value is -2.71. The van der Waals surface area contributed by atoms with Crippen LogP contribution < -0.4 is 10.2 Å². The summed E-state index contributed by atoms with van der Waals surface area (Å²) < 4.78 is 0. The van der Waals surface area contributed by atoms with Crippen LogP contribution in [0.2, 0.25) is 5.02 Å². The van der Waals surface area contributed by atoms with Gasteiger partial charge in [-0.05, 0) is 18.2 Å². The number of nitrogens with one attached hydrogen (secondary N) is 2. The Bertz CT molecular complexity index is 983. The van der Waals surface area contributed by atoms with Crippen LogP contribution in [0.5, 0.6) is 0 Å². The Labute approximate surface area is 146 Å². The van der Waals surface area contributed by atoms with Crippen molar-refractivity contribution >= 4 is 56.4 Å². The summed E-state index contributed by atoms with van der Waals surface area (Å²) >= 11 is 7.58. The molecule has 0 atom stereocenters. The highest BCUT2D eigenvalue weighted by molar-refractivity contribution is 7.13. The lowest BCUT2D eigenvalue weighted by Gasteiger charge is -2.14. The van der Waals surface area contributed by atoms with E-state index in [0.29, 0.717) is 22.3 Å². The summed E-state index contributed by atoms with van der Waals surface area (Å²) in [5.41, 5.74) is 1.49. The Morgan fingerprint density at radius 3 is 2.96 bits per heavy atom. The molecule has 0 saturated carbocycles. The van der Waals surface area contributed by atoms with Gasteiger partial charge in [-0.15, -0.1) is 11.3 Å². The van der Waals surface area contributed by atoms with Gasteiger partial charge in [0.25, 0.3) is 0 Å². The second kappa shape index (κ2) is 6.06. The monoisotopic (exact) mass is 357 g/mol. The third-order valence-electron chi connectivity index (χ3n) is 3.45. The fourth-order valence-corrected chi connectivity index (χ4v) is 3.16. The molecule has 0 aliphatic heterocycles. The number of hydrogen-bond donors (Lipinski definition) is 2. The minimum absolute atomic E-state index is 0.646. The number of hydrogen-bond acceptors (Lipinski definition) is 7. The van der Waals surface area contributed by atoms with Crippen molar-refractivity contribution in [3.63, 3.8) is 0 Å². The molecule has 0 amide bonds. The average Bonchev–Trinajstić information content (AvgIpc) is 3.25. The molecule has 24 heavy (non-hydrogen) atoms. The van der Waals surface area contributed by atoms with Gasteiger partial charge in [-0.25, -0.2) is 15.0 Å². The van der Waals surface area contributed by atoms with Crippen molar-refractivity contribution in [2.45, 2.75) is 0 Å². The van der Waals surface area contributed by atoms with Gasteiger partial charge < -0.3 is 10.2 Å². The summed E-state index contributed by atoms with van der Waals surface area (Å²) in [6.07, 6.45) is 3.24. The molecule has 3 heterocycles. The Kier molecular flexibility index (Phi) is 3.75. The first kappa shape index (κ1) is 14.9. The van der Waals surface area contributed by atoms with Gasteiger partial charge in [-0.2, -0.15) is 5.10 Å². The van der Waals surface area contributed by atoms with E-state index in [1.165, 1.54) is 17.7 Å². The van der Waals surface area contributed by atoms with Crippen LogP contribution in [0.4, 0.5) is 22.5 Å². The second-order valence-corrected chi connectivity index (χ2v) is 6.31. The highest BCUT2D eigenvalue weighted by atomic mass is 35.5. The minimum Gasteiger partial charge on any atom is -0.339 e. The Balaban J connectivity index is 1.80. The number of aromatic amines is 1. The van der Waals surface area contributed by atoms with E-state index in [0.717, 1.165) is 16.2 Å². The molecule has 2 N–H and O–H groups in total. The number of rotatable bonds is 4. The van der Waals surface area contributed by atoms with Gasteiger partial charge >= 0.3 is 0 Å². The minimum atomic E-state index is 0.646. The van der Waals surface area contributed by atoms with E-state index in [1.54, 1.807) is 6.20 Å². The van der Waals surface area contributed by atoms with Crippen molar-refractivity contribution in [1.82, 2.24) is 25.1 Å². The first-order valence-corrected chi connectivity index (χ1v) is 8.33. The summed E-state index contributed by atoms with van der Waals surface area (Å²) in [4.78, 5) is 14.8. The molecule has 0 aliphatic rings. The summed E-state index contributed by atoms with van der Waals surface area (Å²) in [7, 11) is 1.91. The molecule has 0 aliphatic carbocycles. The van der Waals surface area contributed by atoms with Crippen molar-refractivity contribution in [3.8, 4) is 0 Å². The molecule has 0 spiro atoms. The summed E-state index contributed by atoms with van der Waals surface area (Å²) in [5, 5.41) is 14.8. The summed E-state index contributed by atoms with van der Waals surface area (Å²) in [6, 6.07) is 7.45. The molecule has 0 saturated heterocycles. The van der Waals surface area contributed by atoms with Crippen LogP contribution in [0.1, 0.15) is 0 Å². The van der Waals surface area contributed by atoms with Crippen molar-refractivity contribution in [2.24, 2.45) is 0 Å². The highest BCUT2D eigenvalue weighted by Crippen LogP contribution is 2.34. The van der Waals surface area contributed by atoms with Crippen LogP contribution in [0, 0.1) is 0 Å². The van der Waals surface area contributed by atoms with Crippen molar-refractivity contribution in [2.75, 3.05) is 17.3 Å². The van der Waals surface area contributed by atoms with Crippen LogP contribution in [0.15, 0.2) is 42.2 Å². The van der Waals surface area contributed by atoms with Crippen LogP contribution in [0.3, 0.4) is 0 Å². The van der Waals surface area contributed by atoms with Gasteiger partial charge in [-0.3, -0.25) is 5.10 Å². The molecule has 7 nitrogen and oxygen atoms in total. The maximum atomic E-state index is 6.05. The van der Waals surface area contributed by atoms with Gasteiger partial charge in [0, 0.05) is 29.3 Å². The normalized spacial score (nSPS) is 10.9. The van der Waals surface area contributed by atoms with E-state index in [-0.39, 0.29) is 0 Å². The molecular weight excluding hydrogens is 346 g/mol. The number of halogens is 1. The topological polar surface area (TPSA) is 82.6 Å². The molecule has 9 heteroatoms. The van der Waals surface area contributed by atoms with Crippen LogP contribution in [-0.4, -0.2) is 32.2 Å². The predicted molar refractivity (Wildman–Crippen MR) is 96.6 cm³/mol. The zero-order chi connectivity index (χ0) is 16.5. The summed E-state index contributed by atoms with van der Waals surface area (Å²) in [5.74, 6) is 1.35. The molecule has 120 valence electrons. The lowest BCUT2D eigenvalue weighted by atomic mass is 10.3. The quantitative estimate of drug-likeness (QED) is 0.575. The summed E-state index contributed by atoms with van der Waals surface area (Å²) in [6.45, 7) is 0. The SMILES string of the molecule is CN(c1nccs1)c1n[nH]c2ncnc(Nc3cccc(Cl)c3)c12. The smallest absolute Gasteiger partial charge is 0.190 e. The van der Waals surface area contributed by atoms with Crippen molar-refractivity contribution < 1.29 is 0 Å². The Morgan fingerprint density at radius 2 is 2.17 bits per heavy atom. The first-order valence-electron chi connectivity index (χ1n) is 7.07.